The number of hydrogen-bond acceptors (Lipinski definition) is 4. The Kier molecular flexibility index (Phi) is 7.41. The van der Waals surface area contributed by atoms with Crippen molar-refractivity contribution in [3.05, 3.63) is 53.2 Å². The van der Waals surface area contributed by atoms with Gasteiger partial charge < -0.3 is 14.2 Å². The Hall–Kier alpha value is -1.98. The topological polar surface area (TPSA) is 39.9 Å². The van der Waals surface area contributed by atoms with Crippen molar-refractivity contribution in [1.82, 2.24) is 9.80 Å². The van der Waals surface area contributed by atoms with Crippen molar-refractivity contribution < 1.29 is 9.21 Å². The molecule has 5 rings (SSSR count). The van der Waals surface area contributed by atoms with Crippen LogP contribution in [-0.2, 0) is 4.79 Å². The number of nitrogens with zero attached hydrogens (tertiary/aromatic N) is 3. The number of carbonyl (C=O) groups is 1. The monoisotopic (exact) mass is 525 g/mol. The second kappa shape index (κ2) is 10.3. The molecule has 202 valence electrons. The fraction of sp³-hybridized carbons (Fsp3) is 0.645. The van der Waals surface area contributed by atoms with Crippen molar-refractivity contribution in [1.29, 1.82) is 0 Å². The van der Waals surface area contributed by atoms with E-state index in [0.29, 0.717) is 23.4 Å². The first kappa shape index (κ1) is 26.6. The molecule has 37 heavy (non-hydrogen) atoms. The number of anilines is 1. The molecule has 3 atom stereocenters. The van der Waals surface area contributed by atoms with Crippen LogP contribution < -0.4 is 4.90 Å². The summed E-state index contributed by atoms with van der Waals surface area (Å²) in [6.07, 6.45) is 7.60. The van der Waals surface area contributed by atoms with Gasteiger partial charge in [-0.25, -0.2) is 0 Å². The first-order chi connectivity index (χ1) is 17.5. The van der Waals surface area contributed by atoms with Gasteiger partial charge >= 0.3 is 0 Å². The van der Waals surface area contributed by atoms with Crippen molar-refractivity contribution in [3.8, 4) is 0 Å². The average molecular weight is 526 g/mol. The van der Waals surface area contributed by atoms with Crippen LogP contribution >= 0.6 is 11.6 Å². The Morgan fingerprint density at radius 3 is 2.32 bits per heavy atom. The molecule has 5 nitrogen and oxygen atoms in total. The van der Waals surface area contributed by atoms with Crippen LogP contribution in [0.3, 0.4) is 0 Å². The van der Waals surface area contributed by atoms with E-state index in [0.717, 1.165) is 43.5 Å². The summed E-state index contributed by atoms with van der Waals surface area (Å²) in [6.45, 7) is 14.8. The molecule has 3 heterocycles. The number of rotatable bonds is 5. The molecule has 0 bridgehead atoms. The van der Waals surface area contributed by atoms with Crippen LogP contribution in [0.1, 0.15) is 78.2 Å². The SMILES string of the molecule is CC1(C)CCC(N(c2ccco2)[C@H]2CCN(C(=O)[C@@H]3CN(C(C)(C)C)C[C@H]3c3ccc(Cl)cc3)C2)CC1. The van der Waals surface area contributed by atoms with E-state index in [9.17, 15) is 4.79 Å². The largest absolute Gasteiger partial charge is 0.449 e. The number of furan rings is 1. The van der Waals surface area contributed by atoms with Gasteiger partial charge in [-0.15, -0.1) is 0 Å². The lowest BCUT2D eigenvalue weighted by Gasteiger charge is -2.42. The molecule has 2 aromatic rings. The summed E-state index contributed by atoms with van der Waals surface area (Å²) in [4.78, 5) is 21.3. The zero-order valence-corrected chi connectivity index (χ0v) is 24.0. The van der Waals surface area contributed by atoms with Gasteiger partial charge in [0.15, 0.2) is 5.88 Å². The number of amides is 1. The standard InChI is InChI=1S/C31H44ClN3O2/c1-30(2,3)34-20-26(22-8-10-23(32)11-9-22)27(21-34)29(36)33-17-14-25(19-33)35(28-7-6-18-37-28)24-12-15-31(4,5)16-13-24/h6-11,18,24-27H,12-17,19-21H2,1-5H3/t25-,26-,27+/m0/s1. The Morgan fingerprint density at radius 1 is 1.00 bits per heavy atom. The highest BCUT2D eigenvalue weighted by molar-refractivity contribution is 6.30. The van der Waals surface area contributed by atoms with E-state index in [1.54, 1.807) is 6.26 Å². The van der Waals surface area contributed by atoms with E-state index in [1.165, 1.54) is 31.2 Å². The van der Waals surface area contributed by atoms with Crippen LogP contribution in [0.15, 0.2) is 47.1 Å². The van der Waals surface area contributed by atoms with E-state index in [2.05, 4.69) is 67.5 Å². The Morgan fingerprint density at radius 2 is 1.70 bits per heavy atom. The van der Waals surface area contributed by atoms with Crippen LogP contribution in [-0.4, -0.2) is 59.5 Å². The van der Waals surface area contributed by atoms with Crippen LogP contribution in [0.25, 0.3) is 0 Å². The fourth-order valence-corrected chi connectivity index (χ4v) is 6.92. The maximum atomic E-state index is 14.1. The summed E-state index contributed by atoms with van der Waals surface area (Å²) in [5.74, 6) is 1.41. The Labute approximate surface area is 228 Å². The van der Waals surface area contributed by atoms with Crippen molar-refractivity contribution in [2.45, 2.75) is 90.3 Å². The van der Waals surface area contributed by atoms with Gasteiger partial charge in [0, 0.05) is 54.8 Å². The van der Waals surface area contributed by atoms with E-state index in [-0.39, 0.29) is 17.4 Å². The highest BCUT2D eigenvalue weighted by Crippen LogP contribution is 2.41. The van der Waals surface area contributed by atoms with Gasteiger partial charge in [0.25, 0.3) is 0 Å². The van der Waals surface area contributed by atoms with Crippen LogP contribution in [0.4, 0.5) is 5.88 Å². The lowest BCUT2D eigenvalue weighted by molar-refractivity contribution is -0.134. The summed E-state index contributed by atoms with van der Waals surface area (Å²) in [5.41, 5.74) is 1.66. The highest BCUT2D eigenvalue weighted by Gasteiger charge is 2.45. The molecule has 3 fully saturated rings. The predicted octanol–water partition coefficient (Wildman–Crippen LogP) is 6.82. The molecule has 2 saturated heterocycles. The molecule has 1 aromatic heterocycles. The second-order valence-corrected chi connectivity index (χ2v) is 13.8. The summed E-state index contributed by atoms with van der Waals surface area (Å²) < 4.78 is 5.95. The van der Waals surface area contributed by atoms with Gasteiger partial charge in [0.2, 0.25) is 5.91 Å². The molecular weight excluding hydrogens is 482 g/mol. The van der Waals surface area contributed by atoms with Crippen molar-refractivity contribution >= 4 is 23.4 Å². The van der Waals surface area contributed by atoms with Gasteiger partial charge in [0.05, 0.1) is 18.2 Å². The predicted molar refractivity (Wildman–Crippen MR) is 151 cm³/mol. The minimum absolute atomic E-state index is 0.0259. The van der Waals surface area contributed by atoms with E-state index >= 15 is 0 Å². The minimum Gasteiger partial charge on any atom is -0.449 e. The Balaban J connectivity index is 1.34. The van der Waals surface area contributed by atoms with Gasteiger partial charge in [-0.3, -0.25) is 9.69 Å². The maximum Gasteiger partial charge on any atom is 0.227 e. The molecule has 0 radical (unpaired) electrons. The summed E-state index contributed by atoms with van der Waals surface area (Å²) in [7, 11) is 0. The second-order valence-electron chi connectivity index (χ2n) is 13.3. The lowest BCUT2D eigenvalue weighted by atomic mass is 9.75. The summed E-state index contributed by atoms with van der Waals surface area (Å²) >= 11 is 6.19. The van der Waals surface area contributed by atoms with Crippen molar-refractivity contribution in [2.24, 2.45) is 11.3 Å². The number of likely N-dealkylation sites (tertiary alicyclic amines) is 2. The first-order valence-corrected chi connectivity index (χ1v) is 14.5. The van der Waals surface area contributed by atoms with Gasteiger partial charge in [-0.1, -0.05) is 37.6 Å². The lowest BCUT2D eigenvalue weighted by Crippen LogP contribution is -2.48. The quantitative estimate of drug-likeness (QED) is 0.429. The molecule has 0 N–H and O–H groups in total. The normalized spacial score (nSPS) is 27.1. The highest BCUT2D eigenvalue weighted by atomic mass is 35.5. The van der Waals surface area contributed by atoms with Crippen LogP contribution in [0.2, 0.25) is 5.02 Å². The van der Waals surface area contributed by atoms with Gasteiger partial charge in [-0.2, -0.15) is 0 Å². The third kappa shape index (κ3) is 5.73. The van der Waals surface area contributed by atoms with E-state index in [4.69, 9.17) is 16.0 Å². The number of benzene rings is 1. The van der Waals surface area contributed by atoms with E-state index in [1.807, 2.05) is 18.2 Å². The Bertz CT molecular complexity index is 1050. The summed E-state index contributed by atoms with van der Waals surface area (Å²) in [5, 5.41) is 0.740. The molecule has 2 aliphatic heterocycles. The number of carbonyl (C=O) groups excluding carboxylic acids is 1. The minimum atomic E-state index is -0.0355. The fourth-order valence-electron chi connectivity index (χ4n) is 6.79. The molecule has 0 spiro atoms. The van der Waals surface area contributed by atoms with Crippen LogP contribution in [0, 0.1) is 11.3 Å². The molecule has 1 saturated carbocycles. The smallest absolute Gasteiger partial charge is 0.227 e. The molecule has 0 unspecified atom stereocenters. The first-order valence-electron chi connectivity index (χ1n) is 14.1. The zero-order chi connectivity index (χ0) is 26.4. The molecule has 1 amide bonds. The molecule has 1 aliphatic carbocycles. The van der Waals surface area contributed by atoms with Crippen molar-refractivity contribution in [2.75, 3.05) is 31.1 Å². The molecule has 1 aromatic carbocycles. The van der Waals surface area contributed by atoms with E-state index < -0.39 is 0 Å². The third-order valence-electron chi connectivity index (χ3n) is 9.22. The number of halogens is 1. The third-order valence-corrected chi connectivity index (χ3v) is 9.47. The molecule has 3 aliphatic rings. The van der Waals surface area contributed by atoms with Crippen molar-refractivity contribution in [3.63, 3.8) is 0 Å². The average Bonchev–Trinajstić information content (AvgIpc) is 3.61. The van der Waals surface area contributed by atoms with Gasteiger partial charge in [-0.05, 0) is 82.1 Å². The van der Waals surface area contributed by atoms with Crippen LogP contribution in [0.5, 0.6) is 0 Å². The zero-order valence-electron chi connectivity index (χ0n) is 23.3. The maximum absolute atomic E-state index is 14.1. The number of hydrogen-bond donors (Lipinski definition) is 0. The molecule has 6 heteroatoms. The van der Waals surface area contributed by atoms with Gasteiger partial charge in [0.1, 0.15) is 0 Å². The molecular formula is C31H44ClN3O2. The summed E-state index contributed by atoms with van der Waals surface area (Å²) in [6, 6.07) is 13.0.